The van der Waals surface area contributed by atoms with Gasteiger partial charge in [0, 0.05) is 25.5 Å². The second-order valence-electron chi connectivity index (χ2n) is 10.2. The molecule has 8 nitrogen and oxygen atoms in total. The SMILES string of the molecule is [C-]#[N+]c1ccc2c(c1)CCCC2NC(=O)C(CC1CCCCC1)Nc1cc(-n2cccc2)nc(NC)n1. The van der Waals surface area contributed by atoms with E-state index in [1.165, 1.54) is 24.8 Å². The highest BCUT2D eigenvalue weighted by Gasteiger charge is 2.29. The zero-order valence-corrected chi connectivity index (χ0v) is 21.4. The lowest BCUT2D eigenvalue weighted by molar-refractivity contribution is -0.123. The van der Waals surface area contributed by atoms with Crippen molar-refractivity contribution in [2.45, 2.75) is 69.9 Å². The van der Waals surface area contributed by atoms with Crippen molar-refractivity contribution >= 4 is 23.4 Å². The summed E-state index contributed by atoms with van der Waals surface area (Å²) in [6, 6.07) is 11.2. The van der Waals surface area contributed by atoms with Crippen molar-refractivity contribution in [3.05, 3.63) is 71.3 Å². The van der Waals surface area contributed by atoms with Crippen molar-refractivity contribution in [3.63, 3.8) is 0 Å². The third-order valence-corrected chi connectivity index (χ3v) is 7.62. The van der Waals surface area contributed by atoms with E-state index < -0.39 is 6.04 Å². The molecule has 2 atom stereocenters. The number of fused-ring (bicyclic) bond motifs is 1. The second-order valence-corrected chi connectivity index (χ2v) is 10.2. The van der Waals surface area contributed by atoms with Gasteiger partial charge >= 0.3 is 0 Å². The second kappa shape index (κ2) is 11.5. The van der Waals surface area contributed by atoms with Crippen LogP contribution in [0, 0.1) is 12.5 Å². The predicted molar refractivity (Wildman–Crippen MR) is 146 cm³/mol. The third kappa shape index (κ3) is 5.93. The number of aryl methyl sites for hydroxylation is 1. The first-order valence-corrected chi connectivity index (χ1v) is 13.4. The van der Waals surface area contributed by atoms with Crippen molar-refractivity contribution in [3.8, 4) is 5.82 Å². The number of anilines is 2. The summed E-state index contributed by atoms with van der Waals surface area (Å²) in [5.41, 5.74) is 2.97. The van der Waals surface area contributed by atoms with Crippen molar-refractivity contribution < 1.29 is 4.79 Å². The Kier molecular flexibility index (Phi) is 7.69. The molecule has 0 saturated heterocycles. The molecule has 2 aromatic heterocycles. The fourth-order valence-corrected chi connectivity index (χ4v) is 5.70. The number of carbonyl (C=O) groups excluding carboxylic acids is 1. The number of hydrogen-bond acceptors (Lipinski definition) is 5. The van der Waals surface area contributed by atoms with E-state index in [9.17, 15) is 4.79 Å². The Morgan fingerprint density at radius 1 is 1.11 bits per heavy atom. The minimum atomic E-state index is -0.395. The summed E-state index contributed by atoms with van der Waals surface area (Å²) >= 11 is 0. The van der Waals surface area contributed by atoms with Crippen LogP contribution in [0.5, 0.6) is 0 Å². The molecular weight excluding hydrogens is 462 g/mol. The fourth-order valence-electron chi connectivity index (χ4n) is 5.70. The molecule has 0 bridgehead atoms. The van der Waals surface area contributed by atoms with Gasteiger partial charge in [-0.1, -0.05) is 55.9 Å². The quantitative estimate of drug-likeness (QED) is 0.342. The number of rotatable bonds is 8. The predicted octanol–water partition coefficient (Wildman–Crippen LogP) is 5.80. The first kappa shape index (κ1) is 24.8. The maximum absolute atomic E-state index is 13.8. The van der Waals surface area contributed by atoms with Gasteiger partial charge < -0.3 is 20.5 Å². The van der Waals surface area contributed by atoms with Gasteiger partial charge in [-0.25, -0.2) is 4.85 Å². The Balaban J connectivity index is 1.39. The van der Waals surface area contributed by atoms with Crippen LogP contribution in [0.4, 0.5) is 17.5 Å². The Labute approximate surface area is 218 Å². The smallest absolute Gasteiger partial charge is 0.243 e. The number of carbonyl (C=O) groups is 1. The minimum absolute atomic E-state index is 0.00446. The normalized spacial score (nSPS) is 18.3. The van der Waals surface area contributed by atoms with Crippen LogP contribution in [-0.4, -0.2) is 33.5 Å². The summed E-state index contributed by atoms with van der Waals surface area (Å²) in [5, 5.41) is 9.87. The molecule has 0 radical (unpaired) electrons. The lowest BCUT2D eigenvalue weighted by Crippen LogP contribution is -2.43. The summed E-state index contributed by atoms with van der Waals surface area (Å²) in [5.74, 6) is 2.39. The minimum Gasteiger partial charge on any atom is -0.358 e. The highest BCUT2D eigenvalue weighted by molar-refractivity contribution is 5.85. The molecule has 1 saturated carbocycles. The summed E-state index contributed by atoms with van der Waals surface area (Å²) in [6.45, 7) is 7.33. The van der Waals surface area contributed by atoms with Gasteiger partial charge in [-0.05, 0) is 49.3 Å². The Bertz CT molecular complexity index is 1260. The van der Waals surface area contributed by atoms with E-state index in [1.807, 2.05) is 53.4 Å². The molecule has 3 N–H and O–H groups in total. The van der Waals surface area contributed by atoms with Crippen molar-refractivity contribution in [1.29, 1.82) is 0 Å². The van der Waals surface area contributed by atoms with E-state index in [4.69, 9.17) is 6.57 Å². The van der Waals surface area contributed by atoms with Gasteiger partial charge in [-0.2, -0.15) is 9.97 Å². The highest BCUT2D eigenvalue weighted by Crippen LogP contribution is 2.33. The molecule has 0 spiro atoms. The van der Waals surface area contributed by atoms with Crippen LogP contribution in [0.25, 0.3) is 10.7 Å². The molecule has 1 aromatic carbocycles. The van der Waals surface area contributed by atoms with Crippen molar-refractivity contribution in [1.82, 2.24) is 19.9 Å². The molecular formula is C29H35N7O. The van der Waals surface area contributed by atoms with Crippen LogP contribution in [-0.2, 0) is 11.2 Å². The standard InChI is InChI=1S/C29H35N7O/c1-30-22-13-14-23-21(18-22)11-8-12-24(23)33-28(37)25(17-20-9-4-3-5-10-20)32-26-19-27(35-29(31-2)34-26)36-15-6-7-16-36/h6-7,13-16,18-20,24-25H,3-5,8-12,17H2,2H3,(H,33,37)(H2,31,32,34,35). The molecule has 5 rings (SSSR count). The Morgan fingerprint density at radius 3 is 2.68 bits per heavy atom. The van der Waals surface area contributed by atoms with E-state index in [2.05, 4.69) is 30.8 Å². The summed E-state index contributed by atoms with van der Waals surface area (Å²) in [6.07, 6.45) is 13.6. The van der Waals surface area contributed by atoms with E-state index in [1.54, 1.807) is 7.05 Å². The highest BCUT2D eigenvalue weighted by atomic mass is 16.2. The summed E-state index contributed by atoms with van der Waals surface area (Å²) < 4.78 is 1.93. The molecule has 3 aromatic rings. The summed E-state index contributed by atoms with van der Waals surface area (Å²) in [7, 11) is 1.80. The van der Waals surface area contributed by atoms with Gasteiger partial charge in [-0.3, -0.25) is 4.79 Å². The van der Waals surface area contributed by atoms with E-state index in [-0.39, 0.29) is 11.9 Å². The molecule has 2 heterocycles. The molecule has 2 aliphatic carbocycles. The lowest BCUT2D eigenvalue weighted by atomic mass is 9.84. The van der Waals surface area contributed by atoms with Gasteiger partial charge in [0.25, 0.3) is 0 Å². The monoisotopic (exact) mass is 497 g/mol. The number of nitrogens with zero attached hydrogens (tertiary/aromatic N) is 4. The van der Waals surface area contributed by atoms with Crippen LogP contribution in [0.2, 0.25) is 0 Å². The Morgan fingerprint density at radius 2 is 1.92 bits per heavy atom. The molecule has 1 fully saturated rings. The average molecular weight is 498 g/mol. The molecule has 0 aliphatic heterocycles. The van der Waals surface area contributed by atoms with Crippen LogP contribution >= 0.6 is 0 Å². The van der Waals surface area contributed by atoms with Gasteiger partial charge in [0.05, 0.1) is 12.6 Å². The molecule has 2 aliphatic rings. The van der Waals surface area contributed by atoms with Crippen LogP contribution < -0.4 is 16.0 Å². The van der Waals surface area contributed by atoms with E-state index in [0.29, 0.717) is 23.4 Å². The fraction of sp³-hybridized carbons (Fsp3) is 0.448. The zero-order chi connectivity index (χ0) is 25.6. The molecule has 8 heteroatoms. The Hall–Kier alpha value is -3.86. The first-order valence-electron chi connectivity index (χ1n) is 13.4. The number of aromatic nitrogens is 3. The van der Waals surface area contributed by atoms with Crippen molar-refractivity contribution in [2.75, 3.05) is 17.7 Å². The molecule has 37 heavy (non-hydrogen) atoms. The number of nitrogens with one attached hydrogen (secondary N) is 3. The zero-order valence-electron chi connectivity index (χ0n) is 21.4. The maximum Gasteiger partial charge on any atom is 0.243 e. The number of benzene rings is 1. The largest absolute Gasteiger partial charge is 0.358 e. The van der Waals surface area contributed by atoms with Crippen molar-refractivity contribution in [2.24, 2.45) is 5.92 Å². The number of hydrogen-bond donors (Lipinski definition) is 3. The summed E-state index contributed by atoms with van der Waals surface area (Å²) in [4.78, 5) is 26.6. The van der Waals surface area contributed by atoms with E-state index in [0.717, 1.165) is 49.9 Å². The first-order chi connectivity index (χ1) is 18.1. The lowest BCUT2D eigenvalue weighted by Gasteiger charge is -2.31. The van der Waals surface area contributed by atoms with E-state index >= 15 is 0 Å². The average Bonchev–Trinajstić information content (AvgIpc) is 3.48. The maximum atomic E-state index is 13.8. The van der Waals surface area contributed by atoms with Crippen LogP contribution in [0.3, 0.4) is 0 Å². The third-order valence-electron chi connectivity index (χ3n) is 7.62. The van der Waals surface area contributed by atoms with Crippen LogP contribution in [0.1, 0.15) is 68.5 Å². The molecule has 192 valence electrons. The molecule has 2 unspecified atom stereocenters. The van der Waals surface area contributed by atoms with Gasteiger partial charge in [0.15, 0.2) is 5.69 Å². The number of amides is 1. The van der Waals surface area contributed by atoms with Gasteiger partial charge in [0.1, 0.15) is 17.7 Å². The topological polar surface area (TPSA) is 88.2 Å². The van der Waals surface area contributed by atoms with Crippen LogP contribution in [0.15, 0.2) is 48.8 Å². The molecule has 1 amide bonds. The van der Waals surface area contributed by atoms with Gasteiger partial charge in [-0.15, -0.1) is 0 Å². The van der Waals surface area contributed by atoms with Gasteiger partial charge in [0.2, 0.25) is 11.9 Å².